The number of carbonyl (C=O) groups is 4. The van der Waals surface area contributed by atoms with Crippen molar-refractivity contribution in [2.75, 3.05) is 18.1 Å². The standard InChI is InChI=1S/C18H20N2O7S/c1-11(17(23)19-13-6-7-28(25,26)10-13)27-16(22)9-20-15(21)8-12-4-2-3-5-14(12)18(20)24/h2-5,11,13H,6-10H2,1H3,(H,19,23)/t11-,13+/m1/s1. The molecule has 1 N–H and O–H groups in total. The first-order chi connectivity index (χ1) is 13.2. The Morgan fingerprint density at radius 2 is 2.00 bits per heavy atom. The van der Waals surface area contributed by atoms with Crippen molar-refractivity contribution in [2.24, 2.45) is 0 Å². The number of imide groups is 1. The fourth-order valence-electron chi connectivity index (χ4n) is 3.20. The lowest BCUT2D eigenvalue weighted by Gasteiger charge is -2.26. The molecule has 2 aliphatic rings. The van der Waals surface area contributed by atoms with Crippen LogP contribution in [0.4, 0.5) is 0 Å². The Labute approximate surface area is 161 Å². The van der Waals surface area contributed by atoms with Crippen molar-refractivity contribution in [1.29, 1.82) is 0 Å². The van der Waals surface area contributed by atoms with Gasteiger partial charge in [0.15, 0.2) is 15.9 Å². The number of benzene rings is 1. The Hall–Kier alpha value is -2.75. The predicted molar refractivity (Wildman–Crippen MR) is 96.9 cm³/mol. The van der Waals surface area contributed by atoms with Crippen LogP contribution in [-0.4, -0.2) is 67.2 Å². The van der Waals surface area contributed by atoms with Crippen LogP contribution < -0.4 is 5.32 Å². The molecule has 0 aliphatic carbocycles. The van der Waals surface area contributed by atoms with Gasteiger partial charge in [0, 0.05) is 11.6 Å². The summed E-state index contributed by atoms with van der Waals surface area (Å²) in [5, 5.41) is 2.53. The lowest BCUT2D eigenvalue weighted by Crippen LogP contribution is -2.47. The molecule has 2 atom stereocenters. The average molecular weight is 408 g/mol. The van der Waals surface area contributed by atoms with Crippen LogP contribution in [0.1, 0.15) is 29.3 Å². The van der Waals surface area contributed by atoms with Gasteiger partial charge in [-0.3, -0.25) is 24.1 Å². The summed E-state index contributed by atoms with van der Waals surface area (Å²) in [4.78, 5) is 49.6. The highest BCUT2D eigenvalue weighted by molar-refractivity contribution is 7.91. The Balaban J connectivity index is 1.55. The summed E-state index contributed by atoms with van der Waals surface area (Å²) >= 11 is 0. The molecule has 1 aromatic carbocycles. The second kappa shape index (κ2) is 7.70. The maximum Gasteiger partial charge on any atom is 0.326 e. The van der Waals surface area contributed by atoms with E-state index in [2.05, 4.69) is 5.32 Å². The minimum Gasteiger partial charge on any atom is -0.451 e. The first-order valence-corrected chi connectivity index (χ1v) is 10.6. The monoisotopic (exact) mass is 408 g/mol. The van der Waals surface area contributed by atoms with Gasteiger partial charge in [0.1, 0.15) is 6.54 Å². The van der Waals surface area contributed by atoms with Crippen LogP contribution in [-0.2, 0) is 35.4 Å². The van der Waals surface area contributed by atoms with Gasteiger partial charge < -0.3 is 10.1 Å². The third-order valence-corrected chi connectivity index (χ3v) is 6.45. The van der Waals surface area contributed by atoms with Crippen molar-refractivity contribution < 1.29 is 32.3 Å². The second-order valence-corrected chi connectivity index (χ2v) is 9.09. The van der Waals surface area contributed by atoms with Crippen LogP contribution in [0.5, 0.6) is 0 Å². The van der Waals surface area contributed by atoms with Crippen molar-refractivity contribution in [2.45, 2.75) is 31.9 Å². The van der Waals surface area contributed by atoms with Crippen LogP contribution >= 0.6 is 0 Å². The fourth-order valence-corrected chi connectivity index (χ4v) is 4.88. The molecule has 3 amide bonds. The fraction of sp³-hybridized carbons (Fsp3) is 0.444. The molecule has 0 radical (unpaired) electrons. The van der Waals surface area contributed by atoms with Crippen LogP contribution in [0.2, 0.25) is 0 Å². The molecule has 0 aromatic heterocycles. The normalized spacial score (nSPS) is 21.8. The highest BCUT2D eigenvalue weighted by Crippen LogP contribution is 2.19. The number of hydrogen-bond donors (Lipinski definition) is 1. The number of ether oxygens (including phenoxy) is 1. The van der Waals surface area contributed by atoms with Crippen molar-refractivity contribution in [1.82, 2.24) is 10.2 Å². The van der Waals surface area contributed by atoms with Gasteiger partial charge in [0.25, 0.3) is 11.8 Å². The van der Waals surface area contributed by atoms with E-state index >= 15 is 0 Å². The molecule has 2 heterocycles. The first kappa shape index (κ1) is 20.0. The Kier molecular flexibility index (Phi) is 5.50. The molecule has 0 spiro atoms. The first-order valence-electron chi connectivity index (χ1n) is 8.79. The second-order valence-electron chi connectivity index (χ2n) is 6.86. The Morgan fingerprint density at radius 3 is 2.68 bits per heavy atom. The van der Waals surface area contributed by atoms with Gasteiger partial charge in [-0.25, -0.2) is 8.42 Å². The van der Waals surface area contributed by atoms with E-state index in [0.29, 0.717) is 17.5 Å². The number of esters is 1. The highest BCUT2D eigenvalue weighted by Gasteiger charge is 2.34. The quantitative estimate of drug-likeness (QED) is 0.511. The third kappa shape index (κ3) is 4.38. The Morgan fingerprint density at radius 1 is 1.29 bits per heavy atom. The zero-order valence-corrected chi connectivity index (χ0v) is 16.0. The maximum atomic E-state index is 12.4. The number of nitrogens with one attached hydrogen (secondary N) is 1. The zero-order chi connectivity index (χ0) is 20.5. The molecule has 0 bridgehead atoms. The largest absolute Gasteiger partial charge is 0.451 e. The van der Waals surface area contributed by atoms with Crippen LogP contribution in [0.25, 0.3) is 0 Å². The molecule has 9 nitrogen and oxygen atoms in total. The third-order valence-electron chi connectivity index (χ3n) is 4.68. The summed E-state index contributed by atoms with van der Waals surface area (Å²) in [7, 11) is -3.15. The molecule has 2 aliphatic heterocycles. The number of sulfone groups is 1. The van der Waals surface area contributed by atoms with Gasteiger partial charge in [-0.15, -0.1) is 0 Å². The molecular formula is C18H20N2O7S. The molecule has 1 aromatic rings. The summed E-state index contributed by atoms with van der Waals surface area (Å²) < 4.78 is 27.9. The van der Waals surface area contributed by atoms with E-state index in [1.54, 1.807) is 24.3 Å². The van der Waals surface area contributed by atoms with Crippen LogP contribution in [0, 0.1) is 0 Å². The molecule has 28 heavy (non-hydrogen) atoms. The van der Waals surface area contributed by atoms with E-state index in [4.69, 9.17) is 4.74 Å². The summed E-state index contributed by atoms with van der Waals surface area (Å²) in [5.41, 5.74) is 0.949. The molecule has 0 unspecified atom stereocenters. The van der Waals surface area contributed by atoms with Crippen molar-refractivity contribution in [3.63, 3.8) is 0 Å². The lowest BCUT2D eigenvalue weighted by molar-refractivity contribution is -0.157. The number of rotatable bonds is 5. The summed E-state index contributed by atoms with van der Waals surface area (Å²) in [6.07, 6.45) is -0.871. The van der Waals surface area contributed by atoms with E-state index in [9.17, 15) is 27.6 Å². The van der Waals surface area contributed by atoms with Crippen molar-refractivity contribution >= 4 is 33.5 Å². The average Bonchev–Trinajstić information content (AvgIpc) is 2.97. The van der Waals surface area contributed by atoms with Gasteiger partial charge in [-0.1, -0.05) is 18.2 Å². The van der Waals surface area contributed by atoms with E-state index in [1.807, 2.05) is 0 Å². The SMILES string of the molecule is C[C@@H](OC(=O)CN1C(=O)Cc2ccccc2C1=O)C(=O)N[C@H]1CCS(=O)(=O)C1. The van der Waals surface area contributed by atoms with Crippen molar-refractivity contribution in [3.8, 4) is 0 Å². The summed E-state index contributed by atoms with van der Waals surface area (Å²) in [6, 6.07) is 6.13. The van der Waals surface area contributed by atoms with E-state index in [0.717, 1.165) is 4.90 Å². The lowest BCUT2D eigenvalue weighted by atomic mass is 9.98. The van der Waals surface area contributed by atoms with Crippen LogP contribution in [0.3, 0.4) is 0 Å². The minimum absolute atomic E-state index is 0.00138. The molecule has 3 rings (SSSR count). The molecule has 1 fully saturated rings. The van der Waals surface area contributed by atoms with Gasteiger partial charge in [-0.2, -0.15) is 0 Å². The molecular weight excluding hydrogens is 388 g/mol. The smallest absolute Gasteiger partial charge is 0.326 e. The zero-order valence-electron chi connectivity index (χ0n) is 15.2. The van der Waals surface area contributed by atoms with E-state index < -0.39 is 52.2 Å². The number of fused-ring (bicyclic) bond motifs is 1. The number of hydrogen-bond acceptors (Lipinski definition) is 7. The number of nitrogens with zero attached hydrogens (tertiary/aromatic N) is 1. The topological polar surface area (TPSA) is 127 Å². The number of carbonyl (C=O) groups excluding carboxylic acids is 4. The van der Waals surface area contributed by atoms with Gasteiger partial charge in [0.2, 0.25) is 5.91 Å². The molecule has 0 saturated carbocycles. The summed E-state index contributed by atoms with van der Waals surface area (Å²) in [6.45, 7) is 0.743. The van der Waals surface area contributed by atoms with Gasteiger partial charge >= 0.3 is 5.97 Å². The van der Waals surface area contributed by atoms with Crippen LogP contribution in [0.15, 0.2) is 24.3 Å². The van der Waals surface area contributed by atoms with Gasteiger partial charge in [-0.05, 0) is 25.0 Å². The summed E-state index contributed by atoms with van der Waals surface area (Å²) in [5.74, 6) is -2.77. The molecule has 10 heteroatoms. The number of amides is 3. The maximum absolute atomic E-state index is 12.4. The molecule has 1 saturated heterocycles. The highest BCUT2D eigenvalue weighted by atomic mass is 32.2. The minimum atomic E-state index is -3.15. The van der Waals surface area contributed by atoms with E-state index in [-0.39, 0.29) is 17.9 Å². The van der Waals surface area contributed by atoms with Crippen molar-refractivity contribution in [3.05, 3.63) is 35.4 Å². The predicted octanol–water partition coefficient (Wildman–Crippen LogP) is -0.553. The molecule has 150 valence electrons. The Bertz CT molecular complexity index is 941. The van der Waals surface area contributed by atoms with Gasteiger partial charge in [0.05, 0.1) is 17.9 Å². The van der Waals surface area contributed by atoms with E-state index in [1.165, 1.54) is 6.92 Å².